The molecule has 1 fully saturated rings. The van der Waals surface area contributed by atoms with Crippen molar-refractivity contribution in [3.05, 3.63) is 53.9 Å². The lowest BCUT2D eigenvalue weighted by Gasteiger charge is -2.10. The number of rotatable bonds is 3. The highest BCUT2D eigenvalue weighted by Gasteiger charge is 2.43. The monoisotopic (exact) mass is 323 g/mol. The predicted molar refractivity (Wildman–Crippen MR) is 91.7 cm³/mol. The minimum absolute atomic E-state index is 0.291. The third-order valence-corrected chi connectivity index (χ3v) is 4.52. The van der Waals surface area contributed by atoms with Gasteiger partial charge in [0.2, 0.25) is 5.91 Å². The van der Waals surface area contributed by atoms with Crippen molar-refractivity contribution in [3.8, 4) is 11.1 Å². The molecule has 5 heteroatoms. The molecule has 1 aromatic carbocycles. The van der Waals surface area contributed by atoms with E-state index in [1.165, 1.54) is 16.7 Å². The number of fused-ring (bicyclic) bond motifs is 1. The van der Waals surface area contributed by atoms with Crippen molar-refractivity contribution in [2.75, 3.05) is 5.32 Å². The van der Waals surface area contributed by atoms with Gasteiger partial charge in [0.1, 0.15) is 11.8 Å². The van der Waals surface area contributed by atoms with Crippen LogP contribution in [0.15, 0.2) is 42.7 Å². The van der Waals surface area contributed by atoms with E-state index in [-0.39, 0.29) is 5.91 Å². The molecule has 0 saturated heterocycles. The molecule has 122 valence electrons. The van der Waals surface area contributed by atoms with E-state index in [0.717, 1.165) is 11.2 Å². The van der Waals surface area contributed by atoms with Crippen LogP contribution < -0.4 is 5.32 Å². The number of amides is 1. The van der Waals surface area contributed by atoms with Crippen LogP contribution in [-0.4, -0.2) is 21.5 Å². The van der Waals surface area contributed by atoms with Crippen molar-refractivity contribution < 1.29 is 9.18 Å². The maximum absolute atomic E-state index is 13.0. The topological polar surface area (TPSA) is 46.4 Å². The van der Waals surface area contributed by atoms with Crippen LogP contribution in [0.3, 0.4) is 0 Å². The number of pyridine rings is 1. The maximum atomic E-state index is 13.0. The van der Waals surface area contributed by atoms with Gasteiger partial charge in [-0.2, -0.15) is 0 Å². The molecule has 0 spiro atoms. The van der Waals surface area contributed by atoms with E-state index >= 15 is 0 Å². The van der Waals surface area contributed by atoms with E-state index in [1.54, 1.807) is 6.20 Å². The number of aromatic nitrogens is 2. The first kappa shape index (κ1) is 14.9. The van der Waals surface area contributed by atoms with Gasteiger partial charge in [-0.15, -0.1) is 0 Å². The Balaban J connectivity index is 1.67. The Kier molecular flexibility index (Phi) is 3.37. The van der Waals surface area contributed by atoms with Crippen molar-refractivity contribution in [2.24, 2.45) is 5.92 Å². The number of imidazole rings is 1. The third kappa shape index (κ3) is 2.56. The van der Waals surface area contributed by atoms with Crippen LogP contribution >= 0.6 is 0 Å². The molecule has 1 aliphatic rings. The summed E-state index contributed by atoms with van der Waals surface area (Å²) in [6.45, 7) is 4.18. The van der Waals surface area contributed by atoms with Crippen LogP contribution in [0.5, 0.6) is 0 Å². The average Bonchev–Trinajstić information content (AvgIpc) is 3.13. The van der Waals surface area contributed by atoms with E-state index in [1.807, 2.05) is 28.8 Å². The minimum Gasteiger partial charge on any atom is -0.309 e. The zero-order valence-electron chi connectivity index (χ0n) is 13.6. The van der Waals surface area contributed by atoms with E-state index < -0.39 is 12.1 Å². The highest BCUT2D eigenvalue weighted by molar-refractivity contribution is 5.94. The summed E-state index contributed by atoms with van der Waals surface area (Å²) in [6.07, 6.45) is 3.08. The maximum Gasteiger partial charge on any atom is 0.231 e. The fourth-order valence-electron chi connectivity index (χ4n) is 3.12. The zero-order valence-corrected chi connectivity index (χ0v) is 13.6. The molecule has 1 aliphatic carbocycles. The van der Waals surface area contributed by atoms with Gasteiger partial charge in [-0.25, -0.2) is 9.37 Å². The number of benzene rings is 1. The molecule has 1 saturated carbocycles. The molecule has 1 amide bonds. The van der Waals surface area contributed by atoms with E-state index in [9.17, 15) is 9.18 Å². The number of carbonyl (C=O) groups is 1. The second kappa shape index (κ2) is 5.44. The first-order chi connectivity index (χ1) is 11.5. The van der Waals surface area contributed by atoms with E-state index in [4.69, 9.17) is 0 Å². The van der Waals surface area contributed by atoms with Crippen molar-refractivity contribution in [1.29, 1.82) is 0 Å². The van der Waals surface area contributed by atoms with E-state index in [0.29, 0.717) is 12.2 Å². The van der Waals surface area contributed by atoms with Crippen LogP contribution in [0.1, 0.15) is 17.5 Å². The molecule has 4 nitrogen and oxygen atoms in total. The molecule has 24 heavy (non-hydrogen) atoms. The summed E-state index contributed by atoms with van der Waals surface area (Å²) in [7, 11) is 0. The van der Waals surface area contributed by atoms with Gasteiger partial charge in [-0.1, -0.05) is 18.2 Å². The summed E-state index contributed by atoms with van der Waals surface area (Å²) >= 11 is 0. The SMILES string of the molecule is Cc1cccc(C)c1-c1ccc2nc(NC(=O)[C@@H]3C[C@@H]3F)cn2c1. The summed E-state index contributed by atoms with van der Waals surface area (Å²) in [4.78, 5) is 16.2. The summed E-state index contributed by atoms with van der Waals surface area (Å²) in [5.41, 5.74) is 5.47. The Morgan fingerprint density at radius 3 is 2.58 bits per heavy atom. The Labute approximate surface area is 139 Å². The van der Waals surface area contributed by atoms with Crippen LogP contribution in [-0.2, 0) is 4.79 Å². The van der Waals surface area contributed by atoms with Gasteiger partial charge in [0.25, 0.3) is 0 Å². The molecule has 0 aliphatic heterocycles. The number of nitrogens with zero attached hydrogens (tertiary/aromatic N) is 2. The number of halogens is 1. The van der Waals surface area contributed by atoms with Gasteiger partial charge in [-0.05, 0) is 54.7 Å². The molecular formula is C19H18FN3O. The Morgan fingerprint density at radius 1 is 1.21 bits per heavy atom. The Hall–Kier alpha value is -2.69. The summed E-state index contributed by atoms with van der Waals surface area (Å²) in [5.74, 6) is -0.348. The fraction of sp³-hybridized carbons (Fsp3) is 0.263. The second-order valence-electron chi connectivity index (χ2n) is 6.42. The average molecular weight is 323 g/mol. The van der Waals surface area contributed by atoms with Crippen molar-refractivity contribution in [1.82, 2.24) is 9.38 Å². The lowest BCUT2D eigenvalue weighted by Crippen LogP contribution is -2.15. The first-order valence-corrected chi connectivity index (χ1v) is 8.03. The smallest absolute Gasteiger partial charge is 0.231 e. The number of aryl methyl sites for hydroxylation is 2. The molecule has 0 bridgehead atoms. The number of anilines is 1. The van der Waals surface area contributed by atoms with Crippen molar-refractivity contribution >= 4 is 17.4 Å². The van der Waals surface area contributed by atoms with Gasteiger partial charge in [0.15, 0.2) is 5.82 Å². The molecule has 2 heterocycles. The van der Waals surface area contributed by atoms with Crippen LogP contribution in [0.2, 0.25) is 0 Å². The minimum atomic E-state index is -1.00. The highest BCUT2D eigenvalue weighted by Crippen LogP contribution is 2.34. The van der Waals surface area contributed by atoms with Crippen LogP contribution in [0.25, 0.3) is 16.8 Å². The lowest BCUT2D eigenvalue weighted by atomic mass is 9.97. The molecular weight excluding hydrogens is 305 g/mol. The van der Waals surface area contributed by atoms with Crippen LogP contribution in [0, 0.1) is 19.8 Å². The summed E-state index contributed by atoms with van der Waals surface area (Å²) in [5, 5.41) is 2.69. The highest BCUT2D eigenvalue weighted by atomic mass is 19.1. The number of carbonyl (C=O) groups excluding carboxylic acids is 1. The number of hydrogen-bond donors (Lipinski definition) is 1. The van der Waals surface area contributed by atoms with Crippen LogP contribution in [0.4, 0.5) is 10.2 Å². The van der Waals surface area contributed by atoms with Gasteiger partial charge in [0, 0.05) is 6.20 Å². The predicted octanol–water partition coefficient (Wildman–Crippen LogP) is 3.91. The molecule has 2 aromatic heterocycles. The second-order valence-corrected chi connectivity index (χ2v) is 6.42. The quantitative estimate of drug-likeness (QED) is 0.794. The molecule has 0 unspecified atom stereocenters. The van der Waals surface area contributed by atoms with Gasteiger partial charge >= 0.3 is 0 Å². The standard InChI is InChI=1S/C19H18FN3O/c1-11-4-3-5-12(2)18(11)13-6-7-17-21-16(10-23(17)9-13)22-19(24)14-8-15(14)20/h3-7,9-10,14-15H,8H2,1-2H3,(H,22,24)/t14-,15+/m1/s1. The zero-order chi connectivity index (χ0) is 16.8. The number of hydrogen-bond acceptors (Lipinski definition) is 2. The fourth-order valence-corrected chi connectivity index (χ4v) is 3.12. The number of nitrogens with one attached hydrogen (secondary N) is 1. The normalized spacial score (nSPS) is 19.5. The van der Waals surface area contributed by atoms with Crippen molar-refractivity contribution in [3.63, 3.8) is 0 Å². The Bertz CT molecular complexity index is 927. The molecule has 3 aromatic rings. The molecule has 2 atom stereocenters. The van der Waals surface area contributed by atoms with Gasteiger partial charge in [0.05, 0.1) is 12.1 Å². The first-order valence-electron chi connectivity index (χ1n) is 8.03. The summed E-state index contributed by atoms with van der Waals surface area (Å²) < 4.78 is 14.8. The third-order valence-electron chi connectivity index (χ3n) is 4.52. The summed E-state index contributed by atoms with van der Waals surface area (Å²) in [6, 6.07) is 10.2. The largest absolute Gasteiger partial charge is 0.309 e. The lowest BCUT2D eigenvalue weighted by molar-refractivity contribution is -0.117. The Morgan fingerprint density at radius 2 is 1.92 bits per heavy atom. The van der Waals surface area contributed by atoms with Gasteiger partial charge < -0.3 is 9.72 Å². The van der Waals surface area contributed by atoms with Gasteiger partial charge in [-0.3, -0.25) is 4.79 Å². The number of alkyl halides is 1. The van der Waals surface area contributed by atoms with E-state index in [2.05, 4.69) is 36.3 Å². The molecule has 0 radical (unpaired) electrons. The molecule has 4 rings (SSSR count). The van der Waals surface area contributed by atoms with Crippen molar-refractivity contribution in [2.45, 2.75) is 26.4 Å². The molecule has 1 N–H and O–H groups in total.